The van der Waals surface area contributed by atoms with Crippen LogP contribution >= 0.6 is 0 Å². The number of likely N-dealkylation sites (tertiary alicyclic amines) is 1. The van der Waals surface area contributed by atoms with E-state index in [9.17, 15) is 9.59 Å². The molecule has 0 aromatic heterocycles. The van der Waals surface area contributed by atoms with Crippen LogP contribution in [0.1, 0.15) is 88.5 Å². The number of hydrogen-bond donors (Lipinski definition) is 2. The van der Waals surface area contributed by atoms with Crippen LogP contribution in [0.5, 0.6) is 0 Å². The monoisotopic (exact) mass is 444 g/mol. The largest absolute Gasteiger partial charge is 0.480 e. The van der Waals surface area contributed by atoms with Gasteiger partial charge in [0.05, 0.1) is 11.2 Å². The van der Waals surface area contributed by atoms with E-state index >= 15 is 0 Å². The van der Waals surface area contributed by atoms with E-state index in [2.05, 4.69) is 34.6 Å². The fraction of sp³-hybridized carbons (Fsp3) is 0.909. The zero-order valence-corrected chi connectivity index (χ0v) is 21.3. The van der Waals surface area contributed by atoms with Crippen molar-refractivity contribution in [3.8, 4) is 0 Å². The van der Waals surface area contributed by atoms with Gasteiger partial charge in [-0.3, -0.25) is 4.90 Å². The maximum Gasteiger partial charge on any atom is 0.457 e. The minimum absolute atomic E-state index is 0.00458. The molecular formula is C22H45BN2O6. The summed E-state index contributed by atoms with van der Waals surface area (Å²) in [6.07, 6.45) is 3.05. The number of ether oxygens (including phenoxy) is 1. The van der Waals surface area contributed by atoms with Gasteiger partial charge in [-0.2, -0.15) is 0 Å². The fourth-order valence-electron chi connectivity index (χ4n) is 3.08. The molecule has 8 nitrogen and oxygen atoms in total. The molecule has 0 bridgehead atoms. The lowest BCUT2D eigenvalue weighted by atomic mass is 9.82. The highest BCUT2D eigenvalue weighted by Crippen LogP contribution is 2.38. The van der Waals surface area contributed by atoms with Crippen LogP contribution < -0.4 is 5.73 Å². The van der Waals surface area contributed by atoms with Crippen LogP contribution in [-0.2, 0) is 18.8 Å². The Morgan fingerprint density at radius 2 is 1.65 bits per heavy atom. The van der Waals surface area contributed by atoms with E-state index in [-0.39, 0.29) is 37.3 Å². The van der Waals surface area contributed by atoms with Crippen LogP contribution in [0.4, 0.5) is 4.79 Å². The predicted octanol–water partition coefficient (Wildman–Crippen LogP) is 4.31. The quantitative estimate of drug-likeness (QED) is 0.622. The lowest BCUT2D eigenvalue weighted by Crippen LogP contribution is -2.43. The van der Waals surface area contributed by atoms with E-state index in [1.54, 1.807) is 20.8 Å². The number of unbranched alkanes of at least 4 members (excludes halogenated alkanes) is 1. The van der Waals surface area contributed by atoms with Gasteiger partial charge in [0.25, 0.3) is 0 Å². The molecule has 0 aromatic rings. The number of nitrogens with two attached hydrogens (primary N) is 1. The summed E-state index contributed by atoms with van der Waals surface area (Å²) in [5.74, 6) is -1.04. The first-order valence-corrected chi connectivity index (χ1v) is 11.4. The van der Waals surface area contributed by atoms with Gasteiger partial charge in [-0.05, 0) is 61.2 Å². The number of rotatable bonds is 4. The van der Waals surface area contributed by atoms with Gasteiger partial charge < -0.3 is 24.9 Å². The van der Waals surface area contributed by atoms with E-state index in [1.165, 1.54) is 17.7 Å². The Bertz CT molecular complexity index is 561. The fourth-order valence-corrected chi connectivity index (χ4v) is 3.08. The van der Waals surface area contributed by atoms with Gasteiger partial charge in [0.1, 0.15) is 11.6 Å². The van der Waals surface area contributed by atoms with Crippen LogP contribution in [0, 0.1) is 0 Å². The Labute approximate surface area is 189 Å². The molecule has 182 valence electrons. The summed E-state index contributed by atoms with van der Waals surface area (Å²) in [5, 5.41) is 8.94. The molecule has 2 atom stereocenters. The number of carboxylic acid groups (broad SMARTS) is 1. The Morgan fingerprint density at radius 1 is 1.16 bits per heavy atom. The summed E-state index contributed by atoms with van der Waals surface area (Å²) in [6, 6.07) is -1.17. The molecule has 0 saturated carbocycles. The minimum Gasteiger partial charge on any atom is -0.480 e. The molecule has 0 radical (unpaired) electrons. The number of amides is 1. The zero-order chi connectivity index (χ0) is 24.6. The molecule has 2 saturated heterocycles. The smallest absolute Gasteiger partial charge is 0.457 e. The topological polar surface area (TPSA) is 111 Å². The van der Waals surface area contributed by atoms with Gasteiger partial charge in [0.2, 0.25) is 0 Å². The van der Waals surface area contributed by atoms with E-state index in [1.807, 2.05) is 13.8 Å². The van der Waals surface area contributed by atoms with Crippen LogP contribution in [0.15, 0.2) is 0 Å². The van der Waals surface area contributed by atoms with Crippen molar-refractivity contribution in [2.24, 2.45) is 5.73 Å². The van der Waals surface area contributed by atoms with Crippen molar-refractivity contribution in [3.63, 3.8) is 0 Å². The second kappa shape index (κ2) is 12.1. The first-order chi connectivity index (χ1) is 14.1. The molecule has 1 amide bonds. The second-order valence-corrected chi connectivity index (χ2v) is 9.81. The first-order valence-electron chi connectivity index (χ1n) is 11.4. The predicted molar refractivity (Wildman–Crippen MR) is 124 cm³/mol. The maximum absolute atomic E-state index is 11.7. The third-order valence-corrected chi connectivity index (χ3v) is 5.34. The highest BCUT2D eigenvalue weighted by atomic mass is 16.7. The highest BCUT2D eigenvalue weighted by molar-refractivity contribution is 6.45. The van der Waals surface area contributed by atoms with Gasteiger partial charge in [0.15, 0.2) is 0 Å². The van der Waals surface area contributed by atoms with Gasteiger partial charge in [-0.25, -0.2) is 9.59 Å². The minimum atomic E-state index is -1.04. The lowest BCUT2D eigenvalue weighted by Gasteiger charge is -2.32. The van der Waals surface area contributed by atoms with Gasteiger partial charge in [-0.1, -0.05) is 33.6 Å². The van der Waals surface area contributed by atoms with Gasteiger partial charge in [0, 0.05) is 12.6 Å². The second-order valence-electron chi connectivity index (χ2n) is 9.81. The molecule has 2 fully saturated rings. The molecular weight excluding hydrogens is 399 g/mol. The van der Waals surface area contributed by atoms with Crippen LogP contribution in [-0.4, -0.2) is 64.6 Å². The van der Waals surface area contributed by atoms with Crippen molar-refractivity contribution < 1.29 is 28.7 Å². The number of carboxylic acids is 1. The summed E-state index contributed by atoms with van der Waals surface area (Å²) in [4.78, 5) is 23.8. The van der Waals surface area contributed by atoms with Crippen molar-refractivity contribution in [1.82, 2.24) is 4.90 Å². The SMILES string of the molecule is CC.CC(C)(C)OC(=O)N1CC(N)CC1C(=O)O.CCCCB1OC(C)(C)C(C)(C)O1. The summed E-state index contributed by atoms with van der Waals surface area (Å²) < 4.78 is 16.8. The molecule has 2 rings (SSSR count). The standard InChI is InChI=1S/C10H21BO2.C10H18N2O4.C2H6/c1-6-7-8-11-12-9(2,3)10(4,5)13-11;1-10(2,3)16-9(15)12-5-6(11)4-7(12)8(13)14;1-2/h6-8H2,1-5H3;6-7H,4-5,11H2,1-3H3,(H,13,14);1-2H3. The molecule has 0 aliphatic carbocycles. The summed E-state index contributed by atoms with van der Waals surface area (Å²) in [5.41, 5.74) is 4.69. The third kappa shape index (κ3) is 9.37. The van der Waals surface area contributed by atoms with E-state index in [0.717, 1.165) is 6.32 Å². The first kappa shape index (κ1) is 29.7. The maximum atomic E-state index is 11.7. The molecule has 0 spiro atoms. The normalized spacial score (nSPS) is 24.0. The van der Waals surface area contributed by atoms with E-state index in [4.69, 9.17) is 24.9 Å². The van der Waals surface area contributed by atoms with Crippen molar-refractivity contribution in [2.45, 2.75) is 124 Å². The van der Waals surface area contributed by atoms with Crippen molar-refractivity contribution in [2.75, 3.05) is 6.54 Å². The van der Waals surface area contributed by atoms with Gasteiger partial charge >= 0.3 is 19.2 Å². The zero-order valence-electron chi connectivity index (χ0n) is 21.3. The summed E-state index contributed by atoms with van der Waals surface area (Å²) in [7, 11) is 0.00458. The molecule has 9 heteroatoms. The number of nitrogens with zero attached hydrogens (tertiary/aromatic N) is 1. The molecule has 2 aliphatic heterocycles. The number of hydrogen-bond acceptors (Lipinski definition) is 6. The third-order valence-electron chi connectivity index (χ3n) is 5.34. The van der Waals surface area contributed by atoms with Crippen LogP contribution in [0.25, 0.3) is 0 Å². The Balaban J connectivity index is 0.000000547. The van der Waals surface area contributed by atoms with Crippen molar-refractivity contribution in [1.29, 1.82) is 0 Å². The number of carbonyl (C=O) groups is 2. The van der Waals surface area contributed by atoms with Gasteiger partial charge in [-0.15, -0.1) is 0 Å². The highest BCUT2D eigenvalue weighted by Gasteiger charge is 2.50. The number of aliphatic carboxylic acids is 1. The Morgan fingerprint density at radius 3 is 2.03 bits per heavy atom. The number of carbonyl (C=O) groups excluding carboxylic acids is 1. The van der Waals surface area contributed by atoms with Crippen LogP contribution in [0.3, 0.4) is 0 Å². The average molecular weight is 444 g/mol. The van der Waals surface area contributed by atoms with Crippen molar-refractivity contribution in [3.05, 3.63) is 0 Å². The molecule has 2 heterocycles. The molecule has 0 aromatic carbocycles. The lowest BCUT2D eigenvalue weighted by molar-refractivity contribution is -0.142. The molecule has 2 aliphatic rings. The van der Waals surface area contributed by atoms with E-state index < -0.39 is 23.7 Å². The molecule has 31 heavy (non-hydrogen) atoms. The Kier molecular flexibility index (Phi) is 11.6. The van der Waals surface area contributed by atoms with Crippen molar-refractivity contribution >= 4 is 19.2 Å². The summed E-state index contributed by atoms with van der Waals surface area (Å²) in [6.45, 7) is 20.0. The van der Waals surface area contributed by atoms with Crippen LogP contribution in [0.2, 0.25) is 6.32 Å². The average Bonchev–Trinajstić information content (AvgIpc) is 3.11. The van der Waals surface area contributed by atoms with E-state index in [0.29, 0.717) is 0 Å². The molecule has 3 N–H and O–H groups in total. The molecule has 2 unspecified atom stereocenters. The Hall–Kier alpha value is -1.32. The summed E-state index contributed by atoms with van der Waals surface area (Å²) >= 11 is 0.